The third kappa shape index (κ3) is 2.07. The lowest BCUT2D eigenvalue weighted by Crippen LogP contribution is -2.20. The van der Waals surface area contributed by atoms with E-state index >= 15 is 0 Å². The standard InChI is InChI=1S/C31H24O/c1-16-13-17(2)25-30-24(16)18(3)14-22-26(19-9-5-4-6-10-19)27-21-12-8-7-11-20(21)15-23(27)29(28(22)30)31(25)32/h4-14,26,29H,15H2,1-3H3. The second kappa shape index (κ2) is 6.07. The highest BCUT2D eigenvalue weighted by atomic mass is 16.1. The van der Waals surface area contributed by atoms with Gasteiger partial charge in [0.2, 0.25) is 0 Å². The normalized spacial score (nSPS) is 20.2. The first kappa shape index (κ1) is 18.2. The summed E-state index contributed by atoms with van der Waals surface area (Å²) in [6.45, 7) is 6.52. The van der Waals surface area contributed by atoms with Crippen LogP contribution in [0, 0.1) is 20.8 Å². The molecule has 2 unspecified atom stereocenters. The first-order chi connectivity index (χ1) is 15.6. The summed E-state index contributed by atoms with van der Waals surface area (Å²) >= 11 is 0. The molecule has 7 rings (SSSR count). The Bertz CT molecular complexity index is 1530. The Morgan fingerprint density at radius 1 is 0.750 bits per heavy atom. The highest BCUT2D eigenvalue weighted by Gasteiger charge is 2.47. The molecule has 0 aliphatic heterocycles. The molecule has 3 aliphatic rings. The lowest BCUT2D eigenvalue weighted by atomic mass is 9.69. The number of ketones is 1. The van der Waals surface area contributed by atoms with Gasteiger partial charge in [0.25, 0.3) is 0 Å². The zero-order valence-electron chi connectivity index (χ0n) is 18.6. The van der Waals surface area contributed by atoms with Crippen LogP contribution in [0.5, 0.6) is 0 Å². The summed E-state index contributed by atoms with van der Waals surface area (Å²) in [4.78, 5) is 14.0. The van der Waals surface area contributed by atoms with Crippen molar-refractivity contribution >= 4 is 22.1 Å². The zero-order valence-corrected chi connectivity index (χ0v) is 18.6. The molecule has 0 heterocycles. The van der Waals surface area contributed by atoms with E-state index < -0.39 is 0 Å². The minimum absolute atomic E-state index is 0.133. The van der Waals surface area contributed by atoms with E-state index in [4.69, 9.17) is 0 Å². The highest BCUT2D eigenvalue weighted by molar-refractivity contribution is 6.23. The Kier molecular flexibility index (Phi) is 3.44. The molecule has 0 bridgehead atoms. The number of hydrogen-bond acceptors (Lipinski definition) is 1. The monoisotopic (exact) mass is 412 g/mol. The molecule has 0 amide bonds. The number of carbonyl (C=O) groups excluding carboxylic acids is 1. The van der Waals surface area contributed by atoms with Crippen molar-refractivity contribution < 1.29 is 4.79 Å². The Labute approximate surface area is 188 Å². The molecule has 3 aliphatic carbocycles. The van der Waals surface area contributed by atoms with Gasteiger partial charge in [0.15, 0.2) is 5.78 Å². The largest absolute Gasteiger partial charge is 0.293 e. The highest BCUT2D eigenvalue weighted by Crippen LogP contribution is 2.60. The van der Waals surface area contributed by atoms with E-state index in [9.17, 15) is 4.79 Å². The number of fused-ring (bicyclic) bond motifs is 3. The smallest absolute Gasteiger partial charge is 0.175 e. The molecule has 0 radical (unpaired) electrons. The van der Waals surface area contributed by atoms with Crippen molar-refractivity contribution in [1.29, 1.82) is 0 Å². The van der Waals surface area contributed by atoms with Crippen molar-refractivity contribution in [1.82, 2.24) is 0 Å². The Hall–Kier alpha value is -3.45. The summed E-state index contributed by atoms with van der Waals surface area (Å²) in [5, 5.41) is 2.52. The molecule has 1 nitrogen and oxygen atoms in total. The molecule has 0 saturated carbocycles. The quantitative estimate of drug-likeness (QED) is 0.323. The molecular formula is C31H24O. The summed E-state index contributed by atoms with van der Waals surface area (Å²) in [5.41, 5.74) is 14.0. The van der Waals surface area contributed by atoms with Gasteiger partial charge in [-0.3, -0.25) is 4.79 Å². The first-order valence-corrected chi connectivity index (χ1v) is 11.5. The van der Waals surface area contributed by atoms with Gasteiger partial charge in [-0.1, -0.05) is 66.7 Å². The number of Topliss-reactive ketones (excluding diaryl/α,β-unsaturated/α-hetero) is 1. The summed E-state index contributed by atoms with van der Waals surface area (Å²) in [6, 6.07) is 24.2. The van der Waals surface area contributed by atoms with Gasteiger partial charge in [-0.05, 0) is 93.6 Å². The minimum Gasteiger partial charge on any atom is -0.293 e. The van der Waals surface area contributed by atoms with E-state index in [1.165, 1.54) is 60.9 Å². The van der Waals surface area contributed by atoms with Crippen LogP contribution in [0.4, 0.5) is 0 Å². The van der Waals surface area contributed by atoms with Crippen LogP contribution in [0.3, 0.4) is 0 Å². The molecule has 0 saturated heterocycles. The minimum atomic E-state index is -0.133. The van der Waals surface area contributed by atoms with E-state index in [2.05, 4.69) is 87.5 Å². The summed E-state index contributed by atoms with van der Waals surface area (Å²) in [7, 11) is 0. The fourth-order valence-electron chi connectivity index (χ4n) is 6.93. The van der Waals surface area contributed by atoms with E-state index in [-0.39, 0.29) is 11.8 Å². The maximum absolute atomic E-state index is 14.0. The zero-order chi connectivity index (χ0) is 21.7. The van der Waals surface area contributed by atoms with Gasteiger partial charge in [0.1, 0.15) is 0 Å². The van der Waals surface area contributed by atoms with Gasteiger partial charge >= 0.3 is 0 Å². The van der Waals surface area contributed by atoms with Gasteiger partial charge in [-0.15, -0.1) is 0 Å². The fraction of sp³-hybridized carbons (Fsp3) is 0.194. The van der Waals surface area contributed by atoms with Gasteiger partial charge in [0.05, 0.1) is 5.92 Å². The van der Waals surface area contributed by atoms with Crippen molar-refractivity contribution in [3.63, 3.8) is 0 Å². The van der Waals surface area contributed by atoms with Crippen LogP contribution in [0.2, 0.25) is 0 Å². The summed E-state index contributed by atoms with van der Waals surface area (Å²) in [6.07, 6.45) is 0.881. The van der Waals surface area contributed by atoms with E-state index in [1.807, 2.05) is 0 Å². The number of benzene rings is 4. The molecule has 1 heteroatoms. The SMILES string of the molecule is Cc1cc(C)c2c(C)cc3c4c2c1C(=O)C4C1=C(c2ccccc2C1)C3c1ccccc1. The van der Waals surface area contributed by atoms with Crippen molar-refractivity contribution in [2.75, 3.05) is 0 Å². The summed E-state index contributed by atoms with van der Waals surface area (Å²) in [5.74, 6) is 0.343. The van der Waals surface area contributed by atoms with Gasteiger partial charge in [-0.2, -0.15) is 0 Å². The molecular weight excluding hydrogens is 388 g/mol. The third-order valence-corrected chi connectivity index (χ3v) is 7.98. The number of allylic oxidation sites excluding steroid dienone is 2. The van der Waals surface area contributed by atoms with Crippen LogP contribution in [0.15, 0.2) is 72.3 Å². The molecule has 0 aromatic heterocycles. The van der Waals surface area contributed by atoms with Gasteiger partial charge < -0.3 is 0 Å². The van der Waals surface area contributed by atoms with Crippen LogP contribution in [0.25, 0.3) is 16.3 Å². The van der Waals surface area contributed by atoms with Crippen molar-refractivity contribution in [2.45, 2.75) is 39.0 Å². The maximum Gasteiger partial charge on any atom is 0.175 e. The third-order valence-electron chi connectivity index (χ3n) is 7.98. The van der Waals surface area contributed by atoms with Crippen LogP contribution in [-0.4, -0.2) is 5.78 Å². The fourth-order valence-corrected chi connectivity index (χ4v) is 6.93. The molecule has 4 aromatic rings. The second-order valence-electron chi connectivity index (χ2n) is 9.75. The molecule has 32 heavy (non-hydrogen) atoms. The Morgan fingerprint density at radius 2 is 1.47 bits per heavy atom. The lowest BCUT2D eigenvalue weighted by molar-refractivity contribution is 0.0978. The molecule has 0 fully saturated rings. The predicted molar refractivity (Wildman–Crippen MR) is 131 cm³/mol. The topological polar surface area (TPSA) is 17.1 Å². The number of carbonyl (C=O) groups is 1. The van der Waals surface area contributed by atoms with Crippen LogP contribution in [0.1, 0.15) is 66.7 Å². The Morgan fingerprint density at radius 3 is 2.28 bits per heavy atom. The first-order valence-electron chi connectivity index (χ1n) is 11.5. The van der Waals surface area contributed by atoms with Crippen LogP contribution in [-0.2, 0) is 6.42 Å². The maximum atomic E-state index is 14.0. The molecule has 2 atom stereocenters. The average molecular weight is 413 g/mol. The molecule has 0 spiro atoms. The van der Waals surface area contributed by atoms with Crippen molar-refractivity contribution in [2.24, 2.45) is 0 Å². The number of hydrogen-bond donors (Lipinski definition) is 0. The van der Waals surface area contributed by atoms with Crippen molar-refractivity contribution in [3.05, 3.63) is 122 Å². The molecule has 154 valence electrons. The Balaban J connectivity index is 1.66. The van der Waals surface area contributed by atoms with Gasteiger partial charge in [-0.25, -0.2) is 0 Å². The van der Waals surface area contributed by atoms with E-state index in [0.717, 1.165) is 17.5 Å². The summed E-state index contributed by atoms with van der Waals surface area (Å²) < 4.78 is 0. The molecule has 0 N–H and O–H groups in total. The van der Waals surface area contributed by atoms with Gasteiger partial charge in [0, 0.05) is 11.5 Å². The van der Waals surface area contributed by atoms with E-state index in [1.54, 1.807) is 0 Å². The predicted octanol–water partition coefficient (Wildman–Crippen LogP) is 7.20. The average Bonchev–Trinajstić information content (AvgIpc) is 3.31. The lowest BCUT2D eigenvalue weighted by Gasteiger charge is -2.32. The number of aryl methyl sites for hydroxylation is 3. The van der Waals surface area contributed by atoms with Crippen LogP contribution < -0.4 is 0 Å². The van der Waals surface area contributed by atoms with Crippen LogP contribution >= 0.6 is 0 Å². The molecule has 4 aromatic carbocycles. The second-order valence-corrected chi connectivity index (χ2v) is 9.75. The number of rotatable bonds is 1. The van der Waals surface area contributed by atoms with Crippen molar-refractivity contribution in [3.8, 4) is 0 Å². The van der Waals surface area contributed by atoms with E-state index in [0.29, 0.717) is 5.78 Å².